The van der Waals surface area contributed by atoms with Gasteiger partial charge in [-0.2, -0.15) is 0 Å². The zero-order chi connectivity index (χ0) is 9.68. The number of halogens is 1. The summed E-state index contributed by atoms with van der Waals surface area (Å²) >= 11 is 5.20. The van der Waals surface area contributed by atoms with Gasteiger partial charge in [-0.3, -0.25) is 0 Å². The van der Waals surface area contributed by atoms with Crippen molar-refractivity contribution in [1.29, 1.82) is 0 Å². The van der Waals surface area contributed by atoms with Gasteiger partial charge in [0.2, 0.25) is 0 Å². The summed E-state index contributed by atoms with van der Waals surface area (Å²) in [7, 11) is 1.97. The Hall–Kier alpha value is -0.300. The highest BCUT2D eigenvalue weighted by Gasteiger charge is 2.09. The fourth-order valence-corrected chi connectivity index (χ4v) is 2.62. The minimum absolute atomic E-state index is 0.365. The van der Waals surface area contributed by atoms with Crippen LogP contribution in [0, 0.1) is 11.8 Å². The van der Waals surface area contributed by atoms with Gasteiger partial charge in [-0.1, -0.05) is 0 Å². The summed E-state index contributed by atoms with van der Waals surface area (Å²) in [6.45, 7) is 1.87. The average molecular weight is 258 g/mol. The zero-order valence-corrected chi connectivity index (χ0v) is 10.1. The van der Waals surface area contributed by atoms with Gasteiger partial charge in [0.1, 0.15) is 0 Å². The predicted octanol–water partition coefficient (Wildman–Crippen LogP) is 3.18. The maximum absolute atomic E-state index is 3.44. The van der Waals surface area contributed by atoms with Gasteiger partial charge >= 0.3 is 0 Å². The Morgan fingerprint density at radius 3 is 2.92 bits per heavy atom. The van der Waals surface area contributed by atoms with E-state index >= 15 is 0 Å². The molecule has 0 saturated carbocycles. The topological polar surface area (TPSA) is 12.0 Å². The standard InChI is InChI=1S/C10H12BrNS/c1-3-4-5-9(12-2)10-6-8(11)7-13-10/h6-7,9,12H,5H2,1-2H3. The summed E-state index contributed by atoms with van der Waals surface area (Å²) in [4.78, 5) is 1.33. The van der Waals surface area contributed by atoms with E-state index in [4.69, 9.17) is 0 Å². The van der Waals surface area contributed by atoms with Gasteiger partial charge in [0.05, 0.1) is 6.04 Å². The number of hydrogen-bond acceptors (Lipinski definition) is 2. The zero-order valence-electron chi connectivity index (χ0n) is 7.73. The molecular weight excluding hydrogens is 246 g/mol. The largest absolute Gasteiger partial charge is 0.312 e. The van der Waals surface area contributed by atoms with Crippen molar-refractivity contribution in [2.75, 3.05) is 7.05 Å². The lowest BCUT2D eigenvalue weighted by Crippen LogP contribution is -2.14. The van der Waals surface area contributed by atoms with Crippen LogP contribution in [0.25, 0.3) is 0 Å². The fraction of sp³-hybridized carbons (Fsp3) is 0.400. The van der Waals surface area contributed by atoms with Gasteiger partial charge in [0, 0.05) is 21.2 Å². The van der Waals surface area contributed by atoms with E-state index in [0.29, 0.717) is 6.04 Å². The van der Waals surface area contributed by atoms with Gasteiger partial charge in [0.15, 0.2) is 0 Å². The highest BCUT2D eigenvalue weighted by molar-refractivity contribution is 9.10. The Morgan fingerprint density at radius 2 is 2.46 bits per heavy atom. The Kier molecular flexibility index (Phi) is 4.51. The molecule has 0 amide bonds. The quantitative estimate of drug-likeness (QED) is 0.821. The lowest BCUT2D eigenvalue weighted by atomic mass is 10.2. The third-order valence-corrected chi connectivity index (χ3v) is 3.57. The summed E-state index contributed by atoms with van der Waals surface area (Å²) in [5.41, 5.74) is 0. The van der Waals surface area contributed by atoms with Crippen molar-refractivity contribution in [3.63, 3.8) is 0 Å². The number of hydrogen-bond donors (Lipinski definition) is 1. The normalized spacial score (nSPS) is 11.9. The van der Waals surface area contributed by atoms with Crippen LogP contribution >= 0.6 is 27.3 Å². The molecule has 1 unspecified atom stereocenters. The first-order valence-electron chi connectivity index (χ1n) is 4.08. The summed E-state index contributed by atoms with van der Waals surface area (Å²) in [5.74, 6) is 6.00. The van der Waals surface area contributed by atoms with Gasteiger partial charge < -0.3 is 5.32 Å². The molecule has 1 nitrogen and oxygen atoms in total. The van der Waals surface area contributed by atoms with Crippen molar-refractivity contribution in [1.82, 2.24) is 5.32 Å². The number of thiophene rings is 1. The van der Waals surface area contributed by atoms with Crippen LogP contribution in [0.2, 0.25) is 0 Å². The maximum Gasteiger partial charge on any atom is 0.0523 e. The van der Waals surface area contributed by atoms with Crippen molar-refractivity contribution in [3.05, 3.63) is 20.8 Å². The van der Waals surface area contributed by atoms with E-state index in [-0.39, 0.29) is 0 Å². The molecule has 0 bridgehead atoms. The van der Waals surface area contributed by atoms with E-state index < -0.39 is 0 Å². The Balaban J connectivity index is 2.70. The number of nitrogens with one attached hydrogen (secondary N) is 1. The second-order valence-electron chi connectivity index (χ2n) is 2.64. The highest BCUT2D eigenvalue weighted by atomic mass is 79.9. The summed E-state index contributed by atoms with van der Waals surface area (Å²) < 4.78 is 1.15. The van der Waals surface area contributed by atoms with Crippen molar-refractivity contribution in [2.45, 2.75) is 19.4 Å². The van der Waals surface area contributed by atoms with Crippen LogP contribution in [0.15, 0.2) is 15.9 Å². The van der Waals surface area contributed by atoms with Crippen LogP contribution in [0.3, 0.4) is 0 Å². The van der Waals surface area contributed by atoms with Crippen molar-refractivity contribution in [3.8, 4) is 11.8 Å². The van der Waals surface area contributed by atoms with Crippen LogP contribution in [-0.4, -0.2) is 7.05 Å². The van der Waals surface area contributed by atoms with Crippen LogP contribution in [0.5, 0.6) is 0 Å². The highest BCUT2D eigenvalue weighted by Crippen LogP contribution is 2.26. The summed E-state index contributed by atoms with van der Waals surface area (Å²) in [5, 5.41) is 5.35. The second-order valence-corrected chi connectivity index (χ2v) is 4.50. The molecule has 1 aromatic heterocycles. The molecule has 13 heavy (non-hydrogen) atoms. The third-order valence-electron chi connectivity index (χ3n) is 1.76. The first-order valence-corrected chi connectivity index (χ1v) is 5.76. The minimum Gasteiger partial charge on any atom is -0.312 e. The molecule has 1 heterocycles. The molecular formula is C10H12BrNS. The van der Waals surface area contributed by atoms with Crippen molar-refractivity contribution < 1.29 is 0 Å². The van der Waals surface area contributed by atoms with Gasteiger partial charge in [-0.15, -0.1) is 23.2 Å². The van der Waals surface area contributed by atoms with Crippen LogP contribution < -0.4 is 5.32 Å². The van der Waals surface area contributed by atoms with Crippen molar-refractivity contribution in [2.24, 2.45) is 0 Å². The molecule has 0 aliphatic carbocycles. The molecule has 0 aliphatic heterocycles. The molecule has 0 aliphatic rings. The van der Waals surface area contributed by atoms with Gasteiger partial charge in [-0.05, 0) is 36.0 Å². The fourth-order valence-electron chi connectivity index (χ4n) is 1.06. The Labute approximate surface area is 91.7 Å². The SMILES string of the molecule is CC#CCC(NC)c1cc(Br)cs1. The molecule has 0 spiro atoms. The van der Waals surface area contributed by atoms with E-state index in [1.54, 1.807) is 11.3 Å². The van der Waals surface area contributed by atoms with E-state index in [1.807, 2.05) is 14.0 Å². The Bertz CT molecular complexity index is 321. The molecule has 70 valence electrons. The molecule has 1 atom stereocenters. The molecule has 0 radical (unpaired) electrons. The Morgan fingerprint density at radius 1 is 1.69 bits per heavy atom. The molecule has 0 aromatic carbocycles. The molecule has 0 fully saturated rings. The van der Waals surface area contributed by atoms with Gasteiger partial charge in [0.25, 0.3) is 0 Å². The predicted molar refractivity (Wildman–Crippen MR) is 61.9 cm³/mol. The van der Waals surface area contributed by atoms with Crippen LogP contribution in [0.1, 0.15) is 24.3 Å². The molecule has 0 saturated heterocycles. The smallest absolute Gasteiger partial charge is 0.0523 e. The molecule has 1 rings (SSSR count). The first kappa shape index (κ1) is 10.8. The van der Waals surface area contributed by atoms with E-state index in [0.717, 1.165) is 10.9 Å². The third kappa shape index (κ3) is 3.15. The molecule has 3 heteroatoms. The summed E-state index contributed by atoms with van der Waals surface area (Å²) in [6, 6.07) is 2.51. The summed E-state index contributed by atoms with van der Waals surface area (Å²) in [6.07, 6.45) is 0.875. The van der Waals surface area contributed by atoms with E-state index in [9.17, 15) is 0 Å². The second kappa shape index (κ2) is 5.43. The van der Waals surface area contributed by atoms with E-state index in [2.05, 4.69) is 44.5 Å². The van der Waals surface area contributed by atoms with Crippen molar-refractivity contribution >= 4 is 27.3 Å². The molecule has 1 N–H and O–H groups in total. The van der Waals surface area contributed by atoms with Gasteiger partial charge in [-0.25, -0.2) is 0 Å². The van der Waals surface area contributed by atoms with Crippen LogP contribution in [0.4, 0.5) is 0 Å². The van der Waals surface area contributed by atoms with Crippen LogP contribution in [-0.2, 0) is 0 Å². The number of rotatable bonds is 3. The molecule has 1 aromatic rings. The lowest BCUT2D eigenvalue weighted by Gasteiger charge is -2.09. The maximum atomic E-state index is 3.44. The average Bonchev–Trinajstić information content (AvgIpc) is 2.54. The monoisotopic (exact) mass is 257 g/mol. The lowest BCUT2D eigenvalue weighted by molar-refractivity contribution is 0.622. The van der Waals surface area contributed by atoms with E-state index in [1.165, 1.54) is 4.88 Å². The first-order chi connectivity index (χ1) is 6.27. The minimum atomic E-state index is 0.365.